The van der Waals surface area contributed by atoms with Gasteiger partial charge in [0.1, 0.15) is 11.3 Å². The number of carboxylic acid groups (broad SMARTS) is 1. The molecule has 0 radical (unpaired) electrons. The van der Waals surface area contributed by atoms with Crippen LogP contribution in [0, 0.1) is 5.92 Å². The number of furan rings is 1. The Labute approximate surface area is 187 Å². The third kappa shape index (κ3) is 4.62. The van der Waals surface area contributed by atoms with Crippen LogP contribution >= 0.6 is 22.9 Å². The summed E-state index contributed by atoms with van der Waals surface area (Å²) in [7, 11) is 1.60. The van der Waals surface area contributed by atoms with Gasteiger partial charge >= 0.3 is 5.97 Å². The number of halogens is 1. The molecule has 31 heavy (non-hydrogen) atoms. The Morgan fingerprint density at radius 3 is 2.68 bits per heavy atom. The van der Waals surface area contributed by atoms with Crippen molar-refractivity contribution in [2.24, 2.45) is 5.92 Å². The number of aliphatic carboxylic acids is 1. The van der Waals surface area contributed by atoms with Crippen LogP contribution in [0.4, 0.5) is 5.13 Å². The normalized spacial score (nSPS) is 12.1. The van der Waals surface area contributed by atoms with E-state index in [9.17, 15) is 14.7 Å². The topological polar surface area (TPSA) is 83.6 Å². The van der Waals surface area contributed by atoms with Crippen LogP contribution in [0.15, 0.2) is 64.4 Å². The minimum atomic E-state index is -1.04. The zero-order valence-corrected chi connectivity index (χ0v) is 18.2. The number of benzene rings is 2. The van der Waals surface area contributed by atoms with Crippen molar-refractivity contribution >= 4 is 50.9 Å². The highest BCUT2D eigenvalue weighted by Crippen LogP contribution is 2.32. The molecule has 2 aromatic carbocycles. The maximum atomic E-state index is 13.2. The van der Waals surface area contributed by atoms with E-state index in [-0.39, 0.29) is 18.7 Å². The molecule has 8 heteroatoms. The van der Waals surface area contributed by atoms with Gasteiger partial charge in [-0.3, -0.25) is 14.5 Å². The number of rotatable bonds is 7. The number of thiazole rings is 1. The molecule has 4 aromatic rings. The van der Waals surface area contributed by atoms with Gasteiger partial charge in [0.05, 0.1) is 18.0 Å². The quantitative estimate of drug-likeness (QED) is 0.398. The Kier molecular flexibility index (Phi) is 6.06. The molecule has 1 N–H and O–H groups in total. The molecule has 6 nitrogen and oxygen atoms in total. The monoisotopic (exact) mass is 454 g/mol. The molecule has 0 spiro atoms. The molecule has 0 bridgehead atoms. The Balaban J connectivity index is 1.56. The van der Waals surface area contributed by atoms with Crippen molar-refractivity contribution in [3.63, 3.8) is 0 Å². The van der Waals surface area contributed by atoms with Crippen molar-refractivity contribution in [2.75, 3.05) is 11.9 Å². The number of fused-ring (bicyclic) bond motifs is 1. The first-order chi connectivity index (χ1) is 14.9. The standard InChI is InChI=1S/C23H19ClN2O4S/c1-26(23-25-19(13-31-23)17-7-3-4-8-18(17)24)22(29)15(12-21(27)28)11-16-10-14-6-2-5-9-20(14)30-16/h2-10,13,15H,11-12H2,1H3,(H,27,28). The van der Waals surface area contributed by atoms with Crippen LogP contribution in [0.2, 0.25) is 5.02 Å². The second kappa shape index (κ2) is 8.91. The average Bonchev–Trinajstić information content (AvgIpc) is 3.39. The number of nitrogens with zero attached hydrogens (tertiary/aromatic N) is 2. The molecule has 1 atom stereocenters. The number of amides is 1. The van der Waals surface area contributed by atoms with Gasteiger partial charge in [-0.25, -0.2) is 4.98 Å². The molecule has 0 aliphatic carbocycles. The van der Waals surface area contributed by atoms with Crippen molar-refractivity contribution < 1.29 is 19.1 Å². The summed E-state index contributed by atoms with van der Waals surface area (Å²) in [6, 6.07) is 16.7. The van der Waals surface area contributed by atoms with Gasteiger partial charge in [-0.2, -0.15) is 0 Å². The van der Waals surface area contributed by atoms with Gasteiger partial charge in [0.2, 0.25) is 5.91 Å². The number of para-hydroxylation sites is 1. The fraction of sp³-hybridized carbons (Fsp3) is 0.174. The summed E-state index contributed by atoms with van der Waals surface area (Å²) in [6.45, 7) is 0. The molecular formula is C23H19ClN2O4S. The first-order valence-electron chi connectivity index (χ1n) is 9.59. The zero-order valence-electron chi connectivity index (χ0n) is 16.6. The van der Waals surface area contributed by atoms with E-state index in [1.165, 1.54) is 16.2 Å². The van der Waals surface area contributed by atoms with Gasteiger partial charge in [-0.05, 0) is 18.2 Å². The Bertz CT molecular complexity index is 1220. The number of aromatic nitrogens is 1. The molecule has 1 unspecified atom stereocenters. The number of carbonyl (C=O) groups is 2. The van der Waals surface area contributed by atoms with Gasteiger partial charge in [-0.1, -0.05) is 48.0 Å². The molecule has 2 aromatic heterocycles. The second-order valence-electron chi connectivity index (χ2n) is 7.14. The summed E-state index contributed by atoms with van der Waals surface area (Å²) in [5, 5.41) is 13.1. The summed E-state index contributed by atoms with van der Waals surface area (Å²) in [6.07, 6.45) is -0.115. The van der Waals surface area contributed by atoms with Crippen LogP contribution in [0.5, 0.6) is 0 Å². The molecule has 4 rings (SSSR count). The predicted molar refractivity (Wildman–Crippen MR) is 122 cm³/mol. The van der Waals surface area contributed by atoms with Crippen molar-refractivity contribution in [1.29, 1.82) is 0 Å². The second-order valence-corrected chi connectivity index (χ2v) is 8.39. The molecule has 0 aliphatic heterocycles. The lowest BCUT2D eigenvalue weighted by molar-refractivity contribution is -0.140. The summed E-state index contributed by atoms with van der Waals surface area (Å²) in [5.41, 5.74) is 2.14. The average molecular weight is 455 g/mol. The number of carboxylic acids is 1. The van der Waals surface area contributed by atoms with Crippen LogP contribution in [0.25, 0.3) is 22.2 Å². The largest absolute Gasteiger partial charge is 0.481 e. The number of hydrogen-bond acceptors (Lipinski definition) is 5. The minimum Gasteiger partial charge on any atom is -0.481 e. The number of hydrogen-bond donors (Lipinski definition) is 1. The molecular weight excluding hydrogens is 436 g/mol. The third-order valence-corrected chi connectivity index (χ3v) is 6.20. The highest BCUT2D eigenvalue weighted by molar-refractivity contribution is 7.14. The van der Waals surface area contributed by atoms with Gasteiger partial charge in [0.25, 0.3) is 0 Å². The highest BCUT2D eigenvalue weighted by Gasteiger charge is 2.28. The summed E-state index contributed by atoms with van der Waals surface area (Å²) in [5.74, 6) is -1.58. The lowest BCUT2D eigenvalue weighted by Crippen LogP contribution is -2.35. The SMILES string of the molecule is CN(C(=O)C(CC(=O)O)Cc1cc2ccccc2o1)c1nc(-c2ccccc2Cl)cs1. The van der Waals surface area contributed by atoms with Crippen LogP contribution in [-0.4, -0.2) is 29.0 Å². The molecule has 0 aliphatic rings. The van der Waals surface area contributed by atoms with E-state index in [2.05, 4.69) is 4.98 Å². The highest BCUT2D eigenvalue weighted by atomic mass is 35.5. The lowest BCUT2D eigenvalue weighted by atomic mass is 9.98. The van der Waals surface area contributed by atoms with Gasteiger partial charge in [0.15, 0.2) is 5.13 Å². The van der Waals surface area contributed by atoms with Crippen LogP contribution in [-0.2, 0) is 16.0 Å². The van der Waals surface area contributed by atoms with E-state index >= 15 is 0 Å². The molecule has 0 saturated heterocycles. The number of anilines is 1. The minimum absolute atomic E-state index is 0.187. The summed E-state index contributed by atoms with van der Waals surface area (Å²) >= 11 is 7.55. The maximum absolute atomic E-state index is 13.2. The smallest absolute Gasteiger partial charge is 0.304 e. The van der Waals surface area contributed by atoms with E-state index in [0.29, 0.717) is 27.2 Å². The van der Waals surface area contributed by atoms with E-state index in [1.54, 1.807) is 13.1 Å². The van der Waals surface area contributed by atoms with Crippen LogP contribution in [0.3, 0.4) is 0 Å². The summed E-state index contributed by atoms with van der Waals surface area (Å²) < 4.78 is 5.80. The van der Waals surface area contributed by atoms with Gasteiger partial charge in [0, 0.05) is 34.8 Å². The van der Waals surface area contributed by atoms with Gasteiger partial charge in [-0.15, -0.1) is 11.3 Å². The lowest BCUT2D eigenvalue weighted by Gasteiger charge is -2.20. The number of carbonyl (C=O) groups excluding carboxylic acids is 1. The fourth-order valence-electron chi connectivity index (χ4n) is 3.42. The van der Waals surface area contributed by atoms with E-state index in [0.717, 1.165) is 10.9 Å². The van der Waals surface area contributed by atoms with Crippen molar-refractivity contribution in [2.45, 2.75) is 12.8 Å². The Hall–Kier alpha value is -3.16. The van der Waals surface area contributed by atoms with Crippen LogP contribution in [0.1, 0.15) is 12.2 Å². The van der Waals surface area contributed by atoms with Crippen molar-refractivity contribution in [3.05, 3.63) is 70.8 Å². The predicted octanol–water partition coefficient (Wildman–Crippen LogP) is 5.51. The van der Waals surface area contributed by atoms with E-state index in [4.69, 9.17) is 16.0 Å². The fourth-order valence-corrected chi connectivity index (χ4v) is 4.45. The molecule has 0 saturated carbocycles. The Morgan fingerprint density at radius 2 is 1.94 bits per heavy atom. The molecule has 0 fully saturated rings. The Morgan fingerprint density at radius 1 is 1.19 bits per heavy atom. The van der Waals surface area contributed by atoms with E-state index < -0.39 is 11.9 Å². The zero-order chi connectivity index (χ0) is 22.0. The maximum Gasteiger partial charge on any atom is 0.304 e. The first-order valence-corrected chi connectivity index (χ1v) is 10.9. The van der Waals surface area contributed by atoms with Gasteiger partial charge < -0.3 is 9.52 Å². The summed E-state index contributed by atoms with van der Waals surface area (Å²) in [4.78, 5) is 30.5. The molecule has 1 amide bonds. The molecule has 158 valence electrons. The van der Waals surface area contributed by atoms with Crippen LogP contribution < -0.4 is 4.90 Å². The first kappa shape index (κ1) is 21.1. The van der Waals surface area contributed by atoms with Crippen molar-refractivity contribution in [3.8, 4) is 11.3 Å². The van der Waals surface area contributed by atoms with Crippen molar-refractivity contribution in [1.82, 2.24) is 4.98 Å². The molecule has 2 heterocycles. The third-order valence-electron chi connectivity index (χ3n) is 4.95. The van der Waals surface area contributed by atoms with E-state index in [1.807, 2.05) is 53.9 Å².